The molecule has 192 valence electrons. The number of hydrogen-bond donors (Lipinski definition) is 0. The first-order chi connectivity index (χ1) is 17.9. The van der Waals surface area contributed by atoms with Crippen molar-refractivity contribution in [1.82, 2.24) is 24.1 Å². The van der Waals surface area contributed by atoms with Crippen LogP contribution in [0.15, 0.2) is 29.3 Å². The summed E-state index contributed by atoms with van der Waals surface area (Å²) in [5.41, 5.74) is 3.90. The third kappa shape index (κ3) is 4.38. The molecule has 2 unspecified atom stereocenters. The van der Waals surface area contributed by atoms with E-state index in [2.05, 4.69) is 54.8 Å². The van der Waals surface area contributed by atoms with Gasteiger partial charge in [-0.3, -0.25) is 14.7 Å². The summed E-state index contributed by atoms with van der Waals surface area (Å²) in [5.74, 6) is 0.641. The molecule has 1 saturated carbocycles. The van der Waals surface area contributed by atoms with Crippen molar-refractivity contribution in [2.75, 3.05) is 18.0 Å². The van der Waals surface area contributed by atoms with Gasteiger partial charge in [-0.1, -0.05) is 19.9 Å². The summed E-state index contributed by atoms with van der Waals surface area (Å²) < 4.78 is 3.08. The van der Waals surface area contributed by atoms with Gasteiger partial charge in [0, 0.05) is 56.1 Å². The van der Waals surface area contributed by atoms with E-state index in [0.29, 0.717) is 29.5 Å². The normalized spacial score (nSPS) is 21.1. The molecule has 3 atom stereocenters. The highest BCUT2D eigenvalue weighted by molar-refractivity contribution is 5.76. The van der Waals surface area contributed by atoms with Crippen LogP contribution in [0.25, 0.3) is 5.65 Å². The predicted molar refractivity (Wildman–Crippen MR) is 141 cm³/mol. The molecule has 2 fully saturated rings. The van der Waals surface area contributed by atoms with Crippen LogP contribution in [0.4, 0.5) is 5.69 Å². The number of rotatable bonds is 7. The highest BCUT2D eigenvalue weighted by atomic mass is 16.1. The van der Waals surface area contributed by atoms with Gasteiger partial charge in [-0.15, -0.1) is 0 Å². The van der Waals surface area contributed by atoms with Crippen molar-refractivity contribution in [2.45, 2.75) is 76.9 Å². The number of imidazole rings is 1. The van der Waals surface area contributed by atoms with Gasteiger partial charge in [-0.2, -0.15) is 10.5 Å². The fourth-order valence-electron chi connectivity index (χ4n) is 5.73. The lowest BCUT2D eigenvalue weighted by atomic mass is 9.96. The van der Waals surface area contributed by atoms with E-state index in [1.807, 2.05) is 6.20 Å². The molecule has 0 N–H and O–H groups in total. The Balaban J connectivity index is 1.53. The lowest BCUT2D eigenvalue weighted by Crippen LogP contribution is -2.59. The van der Waals surface area contributed by atoms with Crippen LogP contribution in [0, 0.1) is 22.7 Å². The Morgan fingerprint density at radius 3 is 2.49 bits per heavy atom. The second-order valence-corrected chi connectivity index (χ2v) is 10.3. The third-order valence-corrected chi connectivity index (χ3v) is 8.14. The molecule has 0 bridgehead atoms. The molecule has 9 nitrogen and oxygen atoms in total. The minimum atomic E-state index is -0.355. The molecule has 5 rings (SSSR count). The number of nitrogens with zero attached hydrogens (tertiary/aromatic N) is 8. The second-order valence-electron chi connectivity index (χ2n) is 10.3. The molecule has 0 aromatic carbocycles. The maximum atomic E-state index is 13.2. The summed E-state index contributed by atoms with van der Waals surface area (Å²) in [6.45, 7) is 8.08. The average Bonchev–Trinajstić information content (AvgIpc) is 3.69. The summed E-state index contributed by atoms with van der Waals surface area (Å²) in [6.07, 6.45) is 8.19. The van der Waals surface area contributed by atoms with Crippen LogP contribution < -0.4 is 10.5 Å². The van der Waals surface area contributed by atoms with E-state index in [0.717, 1.165) is 19.4 Å². The largest absolute Gasteiger partial charge is 0.361 e. The number of anilines is 1. The zero-order chi connectivity index (χ0) is 26.3. The number of pyridine rings is 1. The van der Waals surface area contributed by atoms with Gasteiger partial charge in [-0.05, 0) is 44.2 Å². The smallest absolute Gasteiger partial charge is 0.285 e. The minimum absolute atomic E-state index is 0.100. The monoisotopic (exact) mass is 498 g/mol. The van der Waals surface area contributed by atoms with Crippen LogP contribution in [0.2, 0.25) is 0 Å². The van der Waals surface area contributed by atoms with Crippen LogP contribution in [-0.4, -0.2) is 49.2 Å². The second kappa shape index (κ2) is 9.99. The third-order valence-electron chi connectivity index (χ3n) is 8.14. The first kappa shape index (κ1) is 25.0. The molecule has 1 saturated heterocycles. The average molecular weight is 499 g/mol. The molecule has 1 aliphatic carbocycles. The van der Waals surface area contributed by atoms with Crippen LogP contribution >= 0.6 is 0 Å². The maximum absolute atomic E-state index is 13.2. The minimum Gasteiger partial charge on any atom is -0.361 e. The van der Waals surface area contributed by atoms with Crippen molar-refractivity contribution >= 4 is 11.3 Å². The van der Waals surface area contributed by atoms with E-state index in [1.54, 1.807) is 17.8 Å². The SMILES string of the molecule is CCC1CN(C(C)c2ccc(C3CC3)nc2)[C@H](CC)CN1c1c(C#N)c(=O)n(C)n2cc(CC#N)nc12. The van der Waals surface area contributed by atoms with Crippen molar-refractivity contribution in [3.63, 3.8) is 0 Å². The van der Waals surface area contributed by atoms with Crippen molar-refractivity contribution in [3.05, 3.63) is 57.4 Å². The van der Waals surface area contributed by atoms with E-state index >= 15 is 0 Å². The van der Waals surface area contributed by atoms with Crippen molar-refractivity contribution < 1.29 is 0 Å². The molecular weight excluding hydrogens is 464 g/mol. The van der Waals surface area contributed by atoms with E-state index in [1.165, 1.54) is 28.8 Å². The molecule has 4 heterocycles. The van der Waals surface area contributed by atoms with Crippen LogP contribution in [0.1, 0.15) is 80.9 Å². The first-order valence-corrected chi connectivity index (χ1v) is 13.3. The van der Waals surface area contributed by atoms with Gasteiger partial charge < -0.3 is 4.90 Å². The van der Waals surface area contributed by atoms with E-state index in [9.17, 15) is 15.3 Å². The maximum Gasteiger partial charge on any atom is 0.285 e. The van der Waals surface area contributed by atoms with Crippen molar-refractivity contribution in [1.29, 1.82) is 10.5 Å². The number of fused-ring (bicyclic) bond motifs is 1. The number of piperazine rings is 1. The summed E-state index contributed by atoms with van der Waals surface area (Å²) >= 11 is 0. The van der Waals surface area contributed by atoms with Crippen LogP contribution in [0.5, 0.6) is 0 Å². The first-order valence-electron chi connectivity index (χ1n) is 13.3. The zero-order valence-corrected chi connectivity index (χ0v) is 22.1. The summed E-state index contributed by atoms with van der Waals surface area (Å²) in [5, 5.41) is 19.3. The van der Waals surface area contributed by atoms with Crippen LogP contribution in [-0.2, 0) is 13.5 Å². The highest BCUT2D eigenvalue weighted by Crippen LogP contribution is 2.39. The summed E-state index contributed by atoms with van der Waals surface area (Å²) in [7, 11) is 1.63. The van der Waals surface area contributed by atoms with E-state index in [-0.39, 0.29) is 35.7 Å². The number of hydrogen-bond acceptors (Lipinski definition) is 7. The van der Waals surface area contributed by atoms with E-state index < -0.39 is 0 Å². The van der Waals surface area contributed by atoms with Crippen molar-refractivity contribution in [2.24, 2.45) is 7.05 Å². The molecule has 9 heteroatoms. The molecule has 3 aromatic rings. The number of aryl methyl sites for hydroxylation is 1. The van der Waals surface area contributed by atoms with Gasteiger partial charge in [0.05, 0.1) is 24.4 Å². The molecule has 0 spiro atoms. The Morgan fingerprint density at radius 2 is 1.89 bits per heavy atom. The predicted octanol–water partition coefficient (Wildman–Crippen LogP) is 3.68. The van der Waals surface area contributed by atoms with Gasteiger partial charge in [-0.25, -0.2) is 14.2 Å². The summed E-state index contributed by atoms with van der Waals surface area (Å²) in [6, 6.07) is 9.26. The van der Waals surface area contributed by atoms with Gasteiger partial charge in [0.25, 0.3) is 5.56 Å². The molecular formula is C28H34N8O. The molecule has 0 radical (unpaired) electrons. The highest BCUT2D eigenvalue weighted by Gasteiger charge is 2.38. The Bertz CT molecular complexity index is 1440. The van der Waals surface area contributed by atoms with Gasteiger partial charge >= 0.3 is 0 Å². The van der Waals surface area contributed by atoms with Gasteiger partial charge in [0.2, 0.25) is 0 Å². The van der Waals surface area contributed by atoms with Gasteiger partial charge in [0.15, 0.2) is 5.65 Å². The zero-order valence-electron chi connectivity index (χ0n) is 22.1. The quantitative estimate of drug-likeness (QED) is 0.489. The lowest BCUT2D eigenvalue weighted by Gasteiger charge is -2.49. The molecule has 0 amide bonds. The molecule has 2 aliphatic rings. The topological polar surface area (TPSA) is 106 Å². The molecule has 37 heavy (non-hydrogen) atoms. The van der Waals surface area contributed by atoms with Gasteiger partial charge in [0.1, 0.15) is 17.3 Å². The Morgan fingerprint density at radius 1 is 1.14 bits per heavy atom. The molecule has 1 aliphatic heterocycles. The number of aromatic nitrogens is 4. The Hall–Kier alpha value is -3.69. The van der Waals surface area contributed by atoms with Crippen molar-refractivity contribution in [3.8, 4) is 12.1 Å². The lowest BCUT2D eigenvalue weighted by molar-refractivity contribution is 0.101. The number of nitriles is 2. The molecule has 3 aromatic heterocycles. The summed E-state index contributed by atoms with van der Waals surface area (Å²) in [4.78, 5) is 27.4. The standard InChI is InChI=1S/C28H34N8O/c1-5-22-17-35(26-24(13-30)28(37)33(4)36-15-21(11-12-29)32-27(26)36)23(6-2)16-34(22)18(3)20-9-10-25(31-14-20)19-7-8-19/h9-10,14-15,18-19,22-23H,5-8,11,16-17H2,1-4H3/t18?,22-,23?/m1/s1. The van der Waals surface area contributed by atoms with Crippen LogP contribution in [0.3, 0.4) is 0 Å². The Labute approximate surface area is 217 Å². The van der Waals surface area contributed by atoms with E-state index in [4.69, 9.17) is 9.97 Å². The Kier molecular flexibility index (Phi) is 6.74. The fourth-order valence-corrected chi connectivity index (χ4v) is 5.73. The fraction of sp³-hybridized carbons (Fsp3) is 0.536.